The average molecular weight is 544 g/mol. The summed E-state index contributed by atoms with van der Waals surface area (Å²) in [6.07, 6.45) is 0. The molecule has 0 fully saturated rings. The number of aryl methyl sites for hydroxylation is 2. The molecule has 0 bridgehead atoms. The summed E-state index contributed by atoms with van der Waals surface area (Å²) in [5, 5.41) is 8.77. The molecule has 0 amide bonds. The van der Waals surface area contributed by atoms with Crippen molar-refractivity contribution in [3.8, 4) is 28.7 Å². The number of sulfonamides is 1. The van der Waals surface area contributed by atoms with Crippen LogP contribution in [-0.4, -0.2) is 49.5 Å². The molecule has 38 heavy (non-hydrogen) atoms. The number of methoxy groups -OCH3 is 2. The van der Waals surface area contributed by atoms with Gasteiger partial charge in [0.05, 0.1) is 35.8 Å². The topological polar surface area (TPSA) is 147 Å². The lowest BCUT2D eigenvalue weighted by atomic mass is 10.2. The number of hydrogen-bond donors (Lipinski definition) is 2. The SMILES string of the molecule is COc1ccc(S(=O)(=O)Nc2cc3c(cc2Oc2ccc(OCC(=O)O)cc2)n(C)c(=O)n3C)cc1OC. The lowest BCUT2D eigenvalue weighted by Crippen LogP contribution is -2.19. The number of rotatable bonds is 10. The lowest BCUT2D eigenvalue weighted by Gasteiger charge is -2.16. The number of fused-ring (bicyclic) bond motifs is 1. The minimum absolute atomic E-state index is 0.0805. The number of carboxylic acid groups (broad SMARTS) is 1. The van der Waals surface area contributed by atoms with E-state index in [1.807, 2.05) is 0 Å². The van der Waals surface area contributed by atoms with E-state index >= 15 is 0 Å². The predicted molar refractivity (Wildman–Crippen MR) is 138 cm³/mol. The standard InChI is InChI=1S/C25H25N3O9S/c1-27-19-12-18(26-38(32,33)17-9-10-21(34-3)23(11-17)35-4)22(13-20(19)28(2)25(27)31)37-16-7-5-15(6-8-16)36-14-24(29)30/h5-13,26H,14H2,1-4H3,(H,29,30). The van der Waals surface area contributed by atoms with Crippen molar-refractivity contribution in [1.82, 2.24) is 9.13 Å². The van der Waals surface area contributed by atoms with E-state index in [0.29, 0.717) is 28.3 Å². The third-order valence-corrected chi connectivity index (χ3v) is 7.06. The summed E-state index contributed by atoms with van der Waals surface area (Å²) in [7, 11) is 1.88. The van der Waals surface area contributed by atoms with Gasteiger partial charge in [-0.3, -0.25) is 13.9 Å². The number of imidazole rings is 1. The molecule has 0 aliphatic carbocycles. The van der Waals surface area contributed by atoms with Crippen molar-refractivity contribution in [2.24, 2.45) is 14.1 Å². The maximum atomic E-state index is 13.3. The number of aromatic nitrogens is 2. The van der Waals surface area contributed by atoms with Crippen molar-refractivity contribution >= 4 is 32.7 Å². The Morgan fingerprint density at radius 2 is 1.47 bits per heavy atom. The maximum Gasteiger partial charge on any atom is 0.341 e. The number of carbonyl (C=O) groups is 1. The summed E-state index contributed by atoms with van der Waals surface area (Å²) < 4.78 is 53.6. The third-order valence-electron chi connectivity index (χ3n) is 5.70. The van der Waals surface area contributed by atoms with Gasteiger partial charge in [-0.25, -0.2) is 18.0 Å². The van der Waals surface area contributed by atoms with Crippen LogP contribution in [0.3, 0.4) is 0 Å². The van der Waals surface area contributed by atoms with Gasteiger partial charge in [-0.05, 0) is 42.5 Å². The van der Waals surface area contributed by atoms with Crippen molar-refractivity contribution in [3.05, 3.63) is 65.1 Å². The van der Waals surface area contributed by atoms with Crippen LogP contribution < -0.4 is 29.4 Å². The van der Waals surface area contributed by atoms with E-state index in [4.69, 9.17) is 24.1 Å². The number of ether oxygens (including phenoxy) is 4. The molecule has 4 aromatic rings. The molecule has 12 nitrogen and oxygen atoms in total. The highest BCUT2D eigenvalue weighted by molar-refractivity contribution is 7.92. The molecule has 0 spiro atoms. The number of nitrogens with zero attached hydrogens (tertiary/aromatic N) is 2. The smallest absolute Gasteiger partial charge is 0.341 e. The van der Waals surface area contributed by atoms with Crippen LogP contribution in [0.2, 0.25) is 0 Å². The van der Waals surface area contributed by atoms with Gasteiger partial charge in [0.1, 0.15) is 11.5 Å². The van der Waals surface area contributed by atoms with Gasteiger partial charge >= 0.3 is 11.7 Å². The first-order chi connectivity index (χ1) is 18.0. The minimum atomic E-state index is -4.13. The van der Waals surface area contributed by atoms with Gasteiger partial charge in [0.2, 0.25) is 0 Å². The molecule has 0 saturated carbocycles. The molecule has 1 heterocycles. The van der Waals surface area contributed by atoms with Crippen molar-refractivity contribution in [2.45, 2.75) is 4.90 Å². The Kier molecular flexibility index (Phi) is 7.21. The number of hydrogen-bond acceptors (Lipinski definition) is 8. The summed E-state index contributed by atoms with van der Waals surface area (Å²) in [5.74, 6) is 0.250. The van der Waals surface area contributed by atoms with Gasteiger partial charge in [0.15, 0.2) is 23.9 Å². The van der Waals surface area contributed by atoms with Crippen molar-refractivity contribution in [2.75, 3.05) is 25.5 Å². The second kappa shape index (κ2) is 10.4. The normalized spacial score (nSPS) is 11.3. The predicted octanol–water partition coefficient (Wildman–Crippen LogP) is 2.95. The highest BCUT2D eigenvalue weighted by Crippen LogP contribution is 2.36. The maximum absolute atomic E-state index is 13.3. The Morgan fingerprint density at radius 3 is 2.08 bits per heavy atom. The first kappa shape index (κ1) is 26.4. The van der Waals surface area contributed by atoms with Crippen molar-refractivity contribution in [3.63, 3.8) is 0 Å². The number of benzene rings is 3. The van der Waals surface area contributed by atoms with Crippen LogP contribution in [-0.2, 0) is 28.9 Å². The van der Waals surface area contributed by atoms with Gasteiger partial charge in [-0.1, -0.05) is 0 Å². The molecular formula is C25H25N3O9S. The van der Waals surface area contributed by atoms with Gasteiger partial charge in [0.25, 0.3) is 10.0 Å². The van der Waals surface area contributed by atoms with E-state index in [0.717, 1.165) is 0 Å². The van der Waals surface area contributed by atoms with Crippen LogP contribution in [0.4, 0.5) is 5.69 Å². The van der Waals surface area contributed by atoms with E-state index < -0.39 is 22.6 Å². The van der Waals surface area contributed by atoms with Crippen LogP contribution in [0.25, 0.3) is 11.0 Å². The largest absolute Gasteiger partial charge is 0.493 e. The molecule has 0 unspecified atom stereocenters. The van der Waals surface area contributed by atoms with Crippen LogP contribution in [0.1, 0.15) is 0 Å². The molecule has 200 valence electrons. The molecule has 0 aliphatic heterocycles. The monoisotopic (exact) mass is 543 g/mol. The number of carboxylic acids is 1. The van der Waals surface area contributed by atoms with Gasteiger partial charge in [-0.15, -0.1) is 0 Å². The first-order valence-corrected chi connectivity index (χ1v) is 12.6. The fourth-order valence-electron chi connectivity index (χ4n) is 3.75. The van der Waals surface area contributed by atoms with Gasteiger partial charge < -0.3 is 24.1 Å². The Balaban J connectivity index is 1.75. The summed E-state index contributed by atoms with van der Waals surface area (Å²) in [5.41, 5.74) is 0.778. The molecular weight excluding hydrogens is 518 g/mol. The molecule has 4 rings (SSSR count). The molecule has 0 saturated heterocycles. The zero-order valence-electron chi connectivity index (χ0n) is 20.9. The van der Waals surface area contributed by atoms with Crippen molar-refractivity contribution in [1.29, 1.82) is 0 Å². The Hall–Kier alpha value is -4.65. The number of anilines is 1. The number of aliphatic carboxylic acids is 1. The first-order valence-electron chi connectivity index (χ1n) is 11.1. The van der Waals surface area contributed by atoms with Crippen LogP contribution in [0.5, 0.6) is 28.7 Å². The second-order valence-corrected chi connectivity index (χ2v) is 9.80. The second-order valence-electron chi connectivity index (χ2n) is 8.12. The van der Waals surface area contributed by atoms with Gasteiger partial charge in [-0.2, -0.15) is 0 Å². The zero-order chi connectivity index (χ0) is 27.6. The highest BCUT2D eigenvalue weighted by atomic mass is 32.2. The molecule has 3 aromatic carbocycles. The van der Waals surface area contributed by atoms with E-state index in [-0.39, 0.29) is 27.8 Å². The highest BCUT2D eigenvalue weighted by Gasteiger charge is 2.22. The Morgan fingerprint density at radius 1 is 0.868 bits per heavy atom. The molecule has 1 aromatic heterocycles. The fourth-order valence-corrected chi connectivity index (χ4v) is 4.83. The van der Waals surface area contributed by atoms with Crippen LogP contribution in [0, 0.1) is 0 Å². The zero-order valence-corrected chi connectivity index (χ0v) is 21.7. The molecule has 0 aliphatic rings. The van der Waals surface area contributed by atoms with Crippen molar-refractivity contribution < 1.29 is 37.3 Å². The fraction of sp³-hybridized carbons (Fsp3) is 0.200. The average Bonchev–Trinajstić information content (AvgIpc) is 3.10. The molecule has 0 atom stereocenters. The quantitative estimate of drug-likeness (QED) is 0.308. The Bertz CT molecular complexity index is 1670. The molecule has 2 N–H and O–H groups in total. The molecule has 0 radical (unpaired) electrons. The summed E-state index contributed by atoms with van der Waals surface area (Å²) in [6.45, 7) is -0.499. The summed E-state index contributed by atoms with van der Waals surface area (Å²) in [4.78, 5) is 23.2. The minimum Gasteiger partial charge on any atom is -0.493 e. The van der Waals surface area contributed by atoms with E-state index in [1.54, 1.807) is 20.2 Å². The lowest BCUT2D eigenvalue weighted by molar-refractivity contribution is -0.139. The van der Waals surface area contributed by atoms with E-state index in [2.05, 4.69) is 4.72 Å². The summed E-state index contributed by atoms with van der Waals surface area (Å²) >= 11 is 0. The van der Waals surface area contributed by atoms with E-state index in [9.17, 15) is 18.0 Å². The Labute approximate surface area is 217 Å². The molecule has 13 heteroatoms. The third kappa shape index (κ3) is 5.22. The van der Waals surface area contributed by atoms with Crippen LogP contribution >= 0.6 is 0 Å². The van der Waals surface area contributed by atoms with Gasteiger partial charge in [0, 0.05) is 26.2 Å². The van der Waals surface area contributed by atoms with E-state index in [1.165, 1.54) is 71.9 Å². The summed E-state index contributed by atoms with van der Waals surface area (Å²) in [6, 6.07) is 13.3. The van der Waals surface area contributed by atoms with Crippen LogP contribution in [0.15, 0.2) is 64.3 Å². The number of nitrogens with one attached hydrogen (secondary N) is 1.